The van der Waals surface area contributed by atoms with Crippen molar-refractivity contribution < 1.29 is 0 Å². The molecule has 0 aliphatic rings. The minimum Gasteiger partial charge on any atom is -0.308 e. The van der Waals surface area contributed by atoms with Gasteiger partial charge in [0.2, 0.25) is 0 Å². The second-order valence-corrected chi connectivity index (χ2v) is 6.08. The van der Waals surface area contributed by atoms with Gasteiger partial charge in [-0.1, -0.05) is 46.7 Å². The molecule has 1 heterocycles. The van der Waals surface area contributed by atoms with Crippen molar-refractivity contribution in [1.29, 1.82) is 0 Å². The molecule has 0 saturated heterocycles. The maximum absolute atomic E-state index is 5.98. The molecule has 1 aromatic heterocycles. The topological polar surface area (TPSA) is 63.8 Å². The van der Waals surface area contributed by atoms with Crippen molar-refractivity contribution in [2.45, 2.75) is 15.1 Å². The van der Waals surface area contributed by atoms with E-state index in [0.717, 1.165) is 9.92 Å². The van der Waals surface area contributed by atoms with Crippen molar-refractivity contribution in [1.82, 2.24) is 9.97 Å². The molecular formula is C11H10Cl2N4S2. The quantitative estimate of drug-likeness (QED) is 0.290. The van der Waals surface area contributed by atoms with Gasteiger partial charge in [-0.2, -0.15) is 0 Å². The minimum atomic E-state index is 0.517. The van der Waals surface area contributed by atoms with Gasteiger partial charge in [0, 0.05) is 11.0 Å². The molecule has 2 aromatic rings. The number of nitrogens with one attached hydrogen (secondary N) is 1. The molecule has 8 heteroatoms. The summed E-state index contributed by atoms with van der Waals surface area (Å²) in [4.78, 5) is 9.54. The van der Waals surface area contributed by atoms with Crippen molar-refractivity contribution in [3.63, 3.8) is 0 Å². The Morgan fingerprint density at radius 2 is 1.95 bits per heavy atom. The minimum absolute atomic E-state index is 0.517. The van der Waals surface area contributed by atoms with E-state index in [1.54, 1.807) is 18.2 Å². The molecule has 0 radical (unpaired) electrons. The van der Waals surface area contributed by atoms with Gasteiger partial charge in [-0.15, -0.1) is 0 Å². The van der Waals surface area contributed by atoms with Gasteiger partial charge in [0.15, 0.2) is 5.16 Å². The molecule has 0 fully saturated rings. The van der Waals surface area contributed by atoms with Crippen LogP contribution in [0.1, 0.15) is 0 Å². The number of benzene rings is 1. The standard InChI is InChI=1S/C11H10Cl2N4S2/c1-18-11-15-9(17-14)5-10(16-11)19-6-2-3-7(12)8(13)4-6/h2-5H,14H2,1H3,(H,15,16,17). The third-order valence-corrected chi connectivity index (χ3v) is 4.32. The summed E-state index contributed by atoms with van der Waals surface area (Å²) in [6.07, 6.45) is 1.91. The van der Waals surface area contributed by atoms with Crippen LogP contribution in [0.2, 0.25) is 10.0 Å². The highest BCUT2D eigenvalue weighted by molar-refractivity contribution is 7.99. The Balaban J connectivity index is 2.29. The van der Waals surface area contributed by atoms with E-state index in [0.29, 0.717) is 21.0 Å². The fourth-order valence-corrected chi connectivity index (χ4v) is 2.94. The number of hydrogen-bond donors (Lipinski definition) is 2. The molecule has 0 spiro atoms. The lowest BCUT2D eigenvalue weighted by Crippen LogP contribution is -2.09. The van der Waals surface area contributed by atoms with Gasteiger partial charge >= 0.3 is 0 Å². The Morgan fingerprint density at radius 1 is 1.16 bits per heavy atom. The first-order valence-electron chi connectivity index (χ1n) is 5.15. The van der Waals surface area contributed by atoms with Crippen LogP contribution >= 0.6 is 46.7 Å². The summed E-state index contributed by atoms with van der Waals surface area (Å²) >= 11 is 14.8. The van der Waals surface area contributed by atoms with Gasteiger partial charge in [0.05, 0.1) is 10.0 Å². The number of halogens is 2. The summed E-state index contributed by atoms with van der Waals surface area (Å²) in [6.45, 7) is 0. The van der Waals surface area contributed by atoms with Gasteiger partial charge in [0.25, 0.3) is 0 Å². The monoisotopic (exact) mass is 332 g/mol. The highest BCUT2D eigenvalue weighted by Gasteiger charge is 2.07. The maximum Gasteiger partial charge on any atom is 0.190 e. The molecular weight excluding hydrogens is 323 g/mol. The Kier molecular flexibility index (Phi) is 5.18. The molecule has 0 atom stereocenters. The van der Waals surface area contributed by atoms with Crippen LogP contribution in [0.15, 0.2) is 39.3 Å². The van der Waals surface area contributed by atoms with Crippen molar-refractivity contribution in [3.8, 4) is 0 Å². The van der Waals surface area contributed by atoms with Crippen molar-refractivity contribution in [2.75, 3.05) is 11.7 Å². The number of nitrogen functional groups attached to an aromatic ring is 1. The Labute approximate surface area is 129 Å². The zero-order valence-corrected chi connectivity index (χ0v) is 13.0. The molecule has 100 valence electrons. The van der Waals surface area contributed by atoms with Crippen LogP contribution in [0, 0.1) is 0 Å². The van der Waals surface area contributed by atoms with Crippen LogP contribution in [0.4, 0.5) is 5.82 Å². The summed E-state index contributed by atoms with van der Waals surface area (Å²) < 4.78 is 0. The number of nitrogens with two attached hydrogens (primary N) is 1. The van der Waals surface area contributed by atoms with Gasteiger partial charge < -0.3 is 5.43 Å². The Hall–Kier alpha value is -0.660. The van der Waals surface area contributed by atoms with E-state index in [1.165, 1.54) is 23.5 Å². The Morgan fingerprint density at radius 3 is 2.58 bits per heavy atom. The average molecular weight is 333 g/mol. The lowest BCUT2D eigenvalue weighted by atomic mass is 10.4. The highest BCUT2D eigenvalue weighted by Crippen LogP contribution is 2.32. The third-order valence-electron chi connectivity index (χ3n) is 2.13. The van der Waals surface area contributed by atoms with Crippen LogP contribution in [-0.4, -0.2) is 16.2 Å². The predicted octanol–water partition coefficient (Wildman–Crippen LogP) is 3.94. The van der Waals surface area contributed by atoms with Crippen LogP contribution in [-0.2, 0) is 0 Å². The summed E-state index contributed by atoms with van der Waals surface area (Å²) in [5.41, 5.74) is 2.52. The SMILES string of the molecule is CSc1nc(NN)cc(Sc2ccc(Cl)c(Cl)c2)n1. The second kappa shape index (κ2) is 6.67. The highest BCUT2D eigenvalue weighted by atomic mass is 35.5. The molecule has 0 aliphatic carbocycles. The number of hydrogen-bond acceptors (Lipinski definition) is 6. The molecule has 1 aromatic carbocycles. The maximum atomic E-state index is 5.98. The molecule has 0 unspecified atom stereocenters. The van der Waals surface area contributed by atoms with Gasteiger partial charge in [0.1, 0.15) is 10.8 Å². The first-order chi connectivity index (χ1) is 9.12. The number of thioether (sulfide) groups is 1. The average Bonchev–Trinajstić information content (AvgIpc) is 2.42. The van der Waals surface area contributed by atoms with Crippen LogP contribution < -0.4 is 11.3 Å². The van der Waals surface area contributed by atoms with E-state index < -0.39 is 0 Å². The van der Waals surface area contributed by atoms with Gasteiger partial charge in [-0.05, 0) is 24.5 Å². The summed E-state index contributed by atoms with van der Waals surface area (Å²) in [5, 5.41) is 2.48. The van der Waals surface area contributed by atoms with E-state index in [-0.39, 0.29) is 0 Å². The van der Waals surface area contributed by atoms with Crippen LogP contribution in [0.5, 0.6) is 0 Å². The molecule has 0 bridgehead atoms. The first-order valence-corrected chi connectivity index (χ1v) is 7.94. The lowest BCUT2D eigenvalue weighted by molar-refractivity contribution is 0.893. The van der Waals surface area contributed by atoms with Gasteiger partial charge in [-0.25, -0.2) is 15.8 Å². The van der Waals surface area contributed by atoms with Crippen molar-refractivity contribution >= 4 is 52.5 Å². The van der Waals surface area contributed by atoms with E-state index in [2.05, 4.69) is 15.4 Å². The second-order valence-electron chi connectivity index (χ2n) is 3.40. The molecule has 19 heavy (non-hydrogen) atoms. The van der Waals surface area contributed by atoms with E-state index in [1.807, 2.05) is 12.3 Å². The van der Waals surface area contributed by atoms with E-state index in [9.17, 15) is 0 Å². The molecule has 0 saturated carbocycles. The predicted molar refractivity (Wildman–Crippen MR) is 82.2 cm³/mol. The zero-order valence-electron chi connectivity index (χ0n) is 9.85. The van der Waals surface area contributed by atoms with E-state index in [4.69, 9.17) is 29.0 Å². The molecule has 4 nitrogen and oxygen atoms in total. The number of anilines is 1. The van der Waals surface area contributed by atoms with E-state index >= 15 is 0 Å². The Bertz CT molecular complexity index is 573. The lowest BCUT2D eigenvalue weighted by Gasteiger charge is -2.06. The molecule has 0 amide bonds. The first kappa shape index (κ1) is 14.7. The van der Waals surface area contributed by atoms with Crippen molar-refractivity contribution in [3.05, 3.63) is 34.3 Å². The third kappa shape index (κ3) is 3.90. The zero-order chi connectivity index (χ0) is 13.8. The van der Waals surface area contributed by atoms with Crippen molar-refractivity contribution in [2.24, 2.45) is 5.84 Å². The van der Waals surface area contributed by atoms with Crippen LogP contribution in [0.25, 0.3) is 0 Å². The summed E-state index contributed by atoms with van der Waals surface area (Å²) in [7, 11) is 0. The number of rotatable bonds is 4. The van der Waals surface area contributed by atoms with Crippen LogP contribution in [0.3, 0.4) is 0 Å². The normalized spacial score (nSPS) is 10.5. The summed E-state index contributed by atoms with van der Waals surface area (Å²) in [6, 6.07) is 7.21. The fraction of sp³-hybridized carbons (Fsp3) is 0.0909. The molecule has 3 N–H and O–H groups in total. The smallest absolute Gasteiger partial charge is 0.190 e. The molecule has 0 aliphatic heterocycles. The number of nitrogens with zero attached hydrogens (tertiary/aromatic N) is 2. The van der Waals surface area contributed by atoms with Gasteiger partial charge in [-0.3, -0.25) is 0 Å². The molecule has 2 rings (SSSR count). The number of hydrazine groups is 1. The summed E-state index contributed by atoms with van der Waals surface area (Å²) in [5.74, 6) is 5.95. The fourth-order valence-electron chi connectivity index (χ4n) is 1.28. The number of aromatic nitrogens is 2. The largest absolute Gasteiger partial charge is 0.308 e.